The Kier molecular flexibility index (Phi) is 13.9. The molecule has 274 valence electrons. The Labute approximate surface area is 327 Å². The summed E-state index contributed by atoms with van der Waals surface area (Å²) in [5.74, 6) is 0.766. The highest BCUT2D eigenvalue weighted by Gasteiger charge is 2.44. The monoisotopic (exact) mass is 754 g/mol. The number of aryl methyl sites for hydroxylation is 1. The van der Waals surface area contributed by atoms with E-state index in [-0.39, 0.29) is 23.5 Å². The highest BCUT2D eigenvalue weighted by molar-refractivity contribution is 7.13. The molecule has 1 aromatic heterocycles. The minimum Gasteiger partial charge on any atom is -0.488 e. The number of rotatable bonds is 16. The van der Waals surface area contributed by atoms with Gasteiger partial charge < -0.3 is 19.5 Å². The van der Waals surface area contributed by atoms with Gasteiger partial charge in [0, 0.05) is 62.9 Å². The molecule has 0 saturated carbocycles. The van der Waals surface area contributed by atoms with Crippen molar-refractivity contribution >= 4 is 46.9 Å². The quantitative estimate of drug-likeness (QED) is 0.0894. The molecule has 7 nitrogen and oxygen atoms in total. The van der Waals surface area contributed by atoms with Crippen LogP contribution in [0.25, 0.3) is 18.2 Å². The molecule has 4 aromatic rings. The first kappa shape index (κ1) is 39.6. The molecule has 0 spiro atoms. The molecule has 54 heavy (non-hydrogen) atoms. The van der Waals surface area contributed by atoms with Gasteiger partial charge in [-0.2, -0.15) is 15.8 Å². The van der Waals surface area contributed by atoms with Gasteiger partial charge in [0.1, 0.15) is 36.1 Å². The first-order valence-corrected chi connectivity index (χ1v) is 19.2. The van der Waals surface area contributed by atoms with Crippen LogP contribution in [0.15, 0.2) is 107 Å². The third-order valence-corrected chi connectivity index (χ3v) is 10.7. The normalized spacial score (nSPS) is 15.3. The molecule has 1 N–H and O–H groups in total. The second-order valence-electron chi connectivity index (χ2n) is 13.1. The third kappa shape index (κ3) is 9.51. The first-order valence-electron chi connectivity index (χ1n) is 18.0. The number of nitrogens with zero attached hydrogens (tertiary/aromatic N) is 4. The number of benzene rings is 3. The average molecular weight is 755 g/mol. The van der Waals surface area contributed by atoms with Gasteiger partial charge in [0.2, 0.25) is 0 Å². The van der Waals surface area contributed by atoms with E-state index >= 15 is 0 Å². The van der Waals surface area contributed by atoms with Crippen molar-refractivity contribution in [2.45, 2.75) is 58.7 Å². The van der Waals surface area contributed by atoms with E-state index in [1.807, 2.05) is 80.6 Å². The molecule has 0 amide bonds. The summed E-state index contributed by atoms with van der Waals surface area (Å²) in [6.07, 6.45) is 11.7. The predicted octanol–water partition coefficient (Wildman–Crippen LogP) is 10.9. The molecule has 1 unspecified atom stereocenters. The maximum Gasteiger partial charge on any atom is 0.172 e. The standard InChI is InChI=1S/C45H43ClN4O3S/c1-4-5-23-50(24-9-10-25-51)37-16-13-34(43(27-37)52-31-33-11-7-6-8-12-33)14-17-38-18-19-39(54-38)20-21-41-40(30-49)44(35(28-47)29-48)53-45(41,3)36-15-22-42(46)32(2)26-36/h6-8,11-22,26-27,51H,4-5,9-10,23-25,31H2,1-3H3/b17-14+,21-20+. The van der Waals surface area contributed by atoms with E-state index in [4.69, 9.17) is 21.1 Å². The number of hydrogen-bond acceptors (Lipinski definition) is 8. The summed E-state index contributed by atoms with van der Waals surface area (Å²) in [7, 11) is 0. The van der Waals surface area contributed by atoms with Gasteiger partial charge in [0.15, 0.2) is 16.9 Å². The molecule has 0 aliphatic carbocycles. The fraction of sp³-hybridized carbons (Fsp3) is 0.267. The number of ether oxygens (including phenoxy) is 2. The number of aliphatic hydroxyl groups excluding tert-OH is 1. The Morgan fingerprint density at radius 1 is 0.907 bits per heavy atom. The predicted molar refractivity (Wildman–Crippen MR) is 218 cm³/mol. The van der Waals surface area contributed by atoms with Crippen molar-refractivity contribution in [2.24, 2.45) is 0 Å². The fourth-order valence-electron chi connectivity index (χ4n) is 6.22. The average Bonchev–Trinajstić information content (AvgIpc) is 3.77. The second kappa shape index (κ2) is 19.0. The topological polar surface area (TPSA) is 113 Å². The lowest BCUT2D eigenvalue weighted by atomic mass is 9.85. The van der Waals surface area contributed by atoms with Crippen molar-refractivity contribution in [3.05, 3.63) is 144 Å². The van der Waals surface area contributed by atoms with E-state index in [9.17, 15) is 20.9 Å². The lowest BCUT2D eigenvalue weighted by Gasteiger charge is -2.27. The van der Waals surface area contributed by atoms with E-state index in [0.29, 0.717) is 17.2 Å². The van der Waals surface area contributed by atoms with Crippen molar-refractivity contribution in [3.63, 3.8) is 0 Å². The van der Waals surface area contributed by atoms with Crippen molar-refractivity contribution in [1.29, 1.82) is 15.8 Å². The summed E-state index contributed by atoms with van der Waals surface area (Å²) in [6, 6.07) is 32.0. The number of anilines is 1. The van der Waals surface area contributed by atoms with E-state index in [1.54, 1.807) is 17.4 Å². The van der Waals surface area contributed by atoms with Gasteiger partial charge in [0.25, 0.3) is 0 Å². The molecule has 0 radical (unpaired) electrons. The highest BCUT2D eigenvalue weighted by atomic mass is 35.5. The molecule has 5 rings (SSSR count). The number of halogens is 1. The molecule has 1 aliphatic heterocycles. The Balaban J connectivity index is 1.45. The summed E-state index contributed by atoms with van der Waals surface area (Å²) < 4.78 is 12.8. The lowest BCUT2D eigenvalue weighted by Crippen LogP contribution is -2.25. The van der Waals surface area contributed by atoms with Crippen LogP contribution in [0, 0.1) is 40.9 Å². The largest absolute Gasteiger partial charge is 0.488 e. The van der Waals surface area contributed by atoms with Crippen LogP contribution in [0.5, 0.6) is 5.75 Å². The smallest absolute Gasteiger partial charge is 0.172 e. The van der Waals surface area contributed by atoms with Gasteiger partial charge >= 0.3 is 0 Å². The number of aliphatic hydroxyl groups is 1. The van der Waals surface area contributed by atoms with Crippen molar-refractivity contribution < 1.29 is 14.6 Å². The van der Waals surface area contributed by atoms with Crippen LogP contribution < -0.4 is 9.64 Å². The zero-order valence-electron chi connectivity index (χ0n) is 30.8. The number of hydrogen-bond donors (Lipinski definition) is 1. The molecule has 0 saturated heterocycles. The molecule has 1 aliphatic rings. The minimum atomic E-state index is -1.14. The van der Waals surface area contributed by atoms with Crippen molar-refractivity contribution in [1.82, 2.24) is 0 Å². The molecular weight excluding hydrogens is 712 g/mol. The van der Waals surface area contributed by atoms with E-state index in [0.717, 1.165) is 82.2 Å². The number of nitriles is 3. The summed E-state index contributed by atoms with van der Waals surface area (Å²) >= 11 is 7.91. The van der Waals surface area contributed by atoms with Crippen LogP contribution in [0.3, 0.4) is 0 Å². The third-order valence-electron chi connectivity index (χ3n) is 9.29. The molecule has 1 atom stereocenters. The van der Waals surface area contributed by atoms with E-state index in [1.165, 1.54) is 0 Å². The van der Waals surface area contributed by atoms with Crippen molar-refractivity contribution in [3.8, 4) is 24.0 Å². The molecule has 2 heterocycles. The summed E-state index contributed by atoms with van der Waals surface area (Å²) in [6.45, 7) is 8.35. The van der Waals surface area contributed by atoms with Crippen LogP contribution in [0.2, 0.25) is 5.02 Å². The van der Waals surface area contributed by atoms with E-state index < -0.39 is 5.60 Å². The van der Waals surface area contributed by atoms with Gasteiger partial charge in [-0.05, 0) is 92.8 Å². The van der Waals surface area contributed by atoms with Crippen molar-refractivity contribution in [2.75, 3.05) is 24.6 Å². The molecule has 0 fully saturated rings. The van der Waals surface area contributed by atoms with Crippen LogP contribution in [0.4, 0.5) is 5.69 Å². The summed E-state index contributed by atoms with van der Waals surface area (Å²) in [5.41, 5.74) is 4.01. The fourth-order valence-corrected chi connectivity index (χ4v) is 7.15. The SMILES string of the molecule is CCCCN(CCCCO)c1ccc(/C=C/c2ccc(/C=C/C3=C(C#N)C(=C(C#N)C#N)OC3(C)c3ccc(Cl)c(C)c3)s2)c(OCc2ccccc2)c1. The highest BCUT2D eigenvalue weighted by Crippen LogP contribution is 2.47. The maximum absolute atomic E-state index is 10.2. The molecule has 9 heteroatoms. The van der Waals surface area contributed by atoms with Gasteiger partial charge in [-0.1, -0.05) is 73.5 Å². The van der Waals surface area contributed by atoms with Gasteiger partial charge in [0.05, 0.1) is 0 Å². The minimum absolute atomic E-state index is 0.0259. The number of unbranched alkanes of at least 4 members (excludes halogenated alkanes) is 2. The summed E-state index contributed by atoms with van der Waals surface area (Å²) in [4.78, 5) is 4.34. The van der Waals surface area contributed by atoms with Gasteiger partial charge in [-0.3, -0.25) is 0 Å². The summed E-state index contributed by atoms with van der Waals surface area (Å²) in [5, 5.41) is 39.5. The Morgan fingerprint density at radius 3 is 2.30 bits per heavy atom. The molecule has 0 bridgehead atoms. The van der Waals surface area contributed by atoms with Crippen LogP contribution in [-0.2, 0) is 16.9 Å². The Bertz CT molecular complexity index is 2180. The lowest BCUT2D eigenvalue weighted by molar-refractivity contribution is 0.0755. The first-order chi connectivity index (χ1) is 26.2. The molecule has 3 aromatic carbocycles. The van der Waals surface area contributed by atoms with Crippen LogP contribution >= 0.6 is 22.9 Å². The maximum atomic E-state index is 10.2. The zero-order valence-corrected chi connectivity index (χ0v) is 32.4. The number of thiophene rings is 1. The Hall–Kier alpha value is -5.56. The van der Waals surface area contributed by atoms with Gasteiger partial charge in [-0.25, -0.2) is 0 Å². The zero-order chi connectivity index (χ0) is 38.5. The Morgan fingerprint density at radius 2 is 1.63 bits per heavy atom. The number of allylic oxidation sites excluding steroid dienone is 2. The van der Waals surface area contributed by atoms with Gasteiger partial charge in [-0.15, -0.1) is 11.3 Å². The molecular formula is C45H43ClN4O3S. The van der Waals surface area contributed by atoms with E-state index in [2.05, 4.69) is 60.4 Å². The van der Waals surface area contributed by atoms with Crippen LogP contribution in [-0.4, -0.2) is 24.8 Å². The van der Waals surface area contributed by atoms with Crippen LogP contribution in [0.1, 0.15) is 71.5 Å². The second-order valence-corrected chi connectivity index (χ2v) is 14.7.